The predicted molar refractivity (Wildman–Crippen MR) is 103 cm³/mol. The number of hydrogen-bond donors (Lipinski definition) is 1. The van der Waals surface area contributed by atoms with E-state index in [0.29, 0.717) is 18.0 Å². The summed E-state index contributed by atoms with van der Waals surface area (Å²) in [7, 11) is 4.34. The lowest BCUT2D eigenvalue weighted by Crippen LogP contribution is -2.39. The number of nitrogens with zero attached hydrogens (tertiary/aromatic N) is 1. The fourth-order valence-corrected chi connectivity index (χ4v) is 4.08. The van der Waals surface area contributed by atoms with Gasteiger partial charge in [-0.05, 0) is 63.4 Å². The molecule has 1 amide bonds. The van der Waals surface area contributed by atoms with Crippen LogP contribution in [0, 0.1) is 5.92 Å². The SMILES string of the molecule is CN(C)C(c1ccccc1)C1CCC(NC(=O)c2ccccc2)CC1. The lowest BCUT2D eigenvalue weighted by molar-refractivity contribution is 0.0907. The Morgan fingerprint density at radius 3 is 2.04 bits per heavy atom. The van der Waals surface area contributed by atoms with Gasteiger partial charge in [0.2, 0.25) is 0 Å². The van der Waals surface area contributed by atoms with Gasteiger partial charge in [0.15, 0.2) is 0 Å². The zero-order valence-corrected chi connectivity index (χ0v) is 15.2. The zero-order chi connectivity index (χ0) is 17.6. The number of hydrogen-bond acceptors (Lipinski definition) is 2. The second-order valence-corrected chi connectivity index (χ2v) is 7.27. The molecule has 0 heterocycles. The van der Waals surface area contributed by atoms with E-state index in [-0.39, 0.29) is 5.91 Å². The molecule has 0 aromatic heterocycles. The van der Waals surface area contributed by atoms with Crippen LogP contribution >= 0.6 is 0 Å². The lowest BCUT2D eigenvalue weighted by atomic mass is 9.78. The van der Waals surface area contributed by atoms with Crippen molar-refractivity contribution in [1.29, 1.82) is 0 Å². The van der Waals surface area contributed by atoms with Crippen molar-refractivity contribution >= 4 is 5.91 Å². The number of benzene rings is 2. The maximum atomic E-state index is 12.3. The highest BCUT2D eigenvalue weighted by Crippen LogP contribution is 2.37. The van der Waals surface area contributed by atoms with Crippen LogP contribution in [0.15, 0.2) is 60.7 Å². The Balaban J connectivity index is 1.58. The van der Waals surface area contributed by atoms with Gasteiger partial charge in [0.1, 0.15) is 0 Å². The van der Waals surface area contributed by atoms with Crippen molar-refractivity contribution in [3.05, 3.63) is 71.8 Å². The smallest absolute Gasteiger partial charge is 0.251 e. The Bertz CT molecular complexity index is 661. The minimum atomic E-state index is 0.0521. The Kier molecular flexibility index (Phi) is 5.87. The molecule has 3 heteroatoms. The van der Waals surface area contributed by atoms with Gasteiger partial charge in [-0.15, -0.1) is 0 Å². The molecule has 0 radical (unpaired) electrons. The van der Waals surface area contributed by atoms with Crippen molar-refractivity contribution in [2.24, 2.45) is 5.92 Å². The van der Waals surface area contributed by atoms with Crippen molar-refractivity contribution in [2.45, 2.75) is 37.8 Å². The third-order valence-corrected chi connectivity index (χ3v) is 5.29. The molecule has 0 saturated heterocycles. The van der Waals surface area contributed by atoms with Gasteiger partial charge in [-0.3, -0.25) is 4.79 Å². The Labute approximate surface area is 151 Å². The highest BCUT2D eigenvalue weighted by molar-refractivity contribution is 5.94. The molecule has 3 rings (SSSR count). The van der Waals surface area contributed by atoms with Gasteiger partial charge in [0.05, 0.1) is 0 Å². The standard InChI is InChI=1S/C22H28N2O/c1-24(2)21(17-9-5-3-6-10-17)18-13-15-20(16-14-18)23-22(25)19-11-7-4-8-12-19/h3-12,18,20-21H,13-16H2,1-2H3,(H,23,25). The summed E-state index contributed by atoms with van der Waals surface area (Å²) in [6.45, 7) is 0. The maximum Gasteiger partial charge on any atom is 0.251 e. The molecule has 1 N–H and O–H groups in total. The van der Waals surface area contributed by atoms with Gasteiger partial charge in [-0.1, -0.05) is 48.5 Å². The normalized spacial score (nSPS) is 21.7. The average Bonchev–Trinajstić information content (AvgIpc) is 2.65. The highest BCUT2D eigenvalue weighted by Gasteiger charge is 2.30. The topological polar surface area (TPSA) is 32.3 Å². The maximum absolute atomic E-state index is 12.3. The number of carbonyl (C=O) groups is 1. The number of amides is 1. The van der Waals surface area contributed by atoms with E-state index in [4.69, 9.17) is 0 Å². The summed E-state index contributed by atoms with van der Waals surface area (Å²) in [6, 6.07) is 21.0. The molecule has 2 aromatic carbocycles. The summed E-state index contributed by atoms with van der Waals surface area (Å²) >= 11 is 0. The molecule has 25 heavy (non-hydrogen) atoms. The summed E-state index contributed by atoms with van der Waals surface area (Å²) in [5, 5.41) is 3.21. The van der Waals surface area contributed by atoms with E-state index in [1.807, 2.05) is 30.3 Å². The van der Waals surface area contributed by atoms with E-state index in [2.05, 4.69) is 54.6 Å². The van der Waals surface area contributed by atoms with E-state index in [9.17, 15) is 4.79 Å². The van der Waals surface area contributed by atoms with E-state index in [1.54, 1.807) is 0 Å². The molecule has 0 aliphatic heterocycles. The molecule has 3 nitrogen and oxygen atoms in total. The summed E-state index contributed by atoms with van der Waals surface area (Å²) in [5.74, 6) is 0.693. The van der Waals surface area contributed by atoms with Crippen LogP contribution in [0.2, 0.25) is 0 Å². The molecule has 1 aliphatic rings. The molecule has 1 atom stereocenters. The van der Waals surface area contributed by atoms with Crippen LogP contribution in [-0.2, 0) is 0 Å². The van der Waals surface area contributed by atoms with E-state index < -0.39 is 0 Å². The first-order valence-corrected chi connectivity index (χ1v) is 9.22. The quantitative estimate of drug-likeness (QED) is 0.884. The zero-order valence-electron chi connectivity index (χ0n) is 15.2. The Morgan fingerprint density at radius 2 is 1.48 bits per heavy atom. The Hall–Kier alpha value is -2.13. The van der Waals surface area contributed by atoms with Gasteiger partial charge < -0.3 is 10.2 Å². The monoisotopic (exact) mass is 336 g/mol. The van der Waals surface area contributed by atoms with Crippen molar-refractivity contribution < 1.29 is 4.79 Å². The minimum absolute atomic E-state index is 0.0521. The van der Waals surface area contributed by atoms with E-state index in [1.165, 1.54) is 5.56 Å². The van der Waals surface area contributed by atoms with Crippen molar-refractivity contribution in [3.8, 4) is 0 Å². The third-order valence-electron chi connectivity index (χ3n) is 5.29. The molecular weight excluding hydrogens is 308 g/mol. The van der Waals surface area contributed by atoms with Crippen molar-refractivity contribution in [2.75, 3.05) is 14.1 Å². The molecule has 132 valence electrons. The lowest BCUT2D eigenvalue weighted by Gasteiger charge is -2.37. The van der Waals surface area contributed by atoms with Crippen LogP contribution in [0.3, 0.4) is 0 Å². The second-order valence-electron chi connectivity index (χ2n) is 7.27. The van der Waals surface area contributed by atoms with Gasteiger partial charge >= 0.3 is 0 Å². The van der Waals surface area contributed by atoms with Crippen molar-refractivity contribution in [1.82, 2.24) is 10.2 Å². The predicted octanol–water partition coefficient (Wildman–Crippen LogP) is 4.28. The number of carbonyl (C=O) groups excluding carboxylic acids is 1. The summed E-state index contributed by atoms with van der Waals surface area (Å²) in [4.78, 5) is 14.7. The van der Waals surface area contributed by atoms with Crippen molar-refractivity contribution in [3.63, 3.8) is 0 Å². The largest absolute Gasteiger partial charge is 0.349 e. The van der Waals surface area contributed by atoms with E-state index in [0.717, 1.165) is 31.2 Å². The first kappa shape index (κ1) is 17.7. The first-order valence-electron chi connectivity index (χ1n) is 9.22. The molecular formula is C22H28N2O. The van der Waals surface area contributed by atoms with Crippen LogP contribution in [0.4, 0.5) is 0 Å². The van der Waals surface area contributed by atoms with Crippen LogP contribution in [-0.4, -0.2) is 30.9 Å². The average molecular weight is 336 g/mol. The van der Waals surface area contributed by atoms with Crippen LogP contribution in [0.25, 0.3) is 0 Å². The molecule has 2 aromatic rings. The molecule has 0 bridgehead atoms. The molecule has 1 fully saturated rings. The second kappa shape index (κ2) is 8.30. The fraction of sp³-hybridized carbons (Fsp3) is 0.409. The molecule has 1 unspecified atom stereocenters. The summed E-state index contributed by atoms with van der Waals surface area (Å²) in [5.41, 5.74) is 2.14. The molecule has 1 aliphatic carbocycles. The minimum Gasteiger partial charge on any atom is -0.349 e. The third kappa shape index (κ3) is 4.49. The fourth-order valence-electron chi connectivity index (χ4n) is 4.08. The molecule has 0 spiro atoms. The highest BCUT2D eigenvalue weighted by atomic mass is 16.1. The number of rotatable bonds is 5. The van der Waals surface area contributed by atoms with Crippen LogP contribution in [0.5, 0.6) is 0 Å². The van der Waals surface area contributed by atoms with Gasteiger partial charge in [0.25, 0.3) is 5.91 Å². The number of nitrogens with one attached hydrogen (secondary N) is 1. The Morgan fingerprint density at radius 1 is 0.920 bits per heavy atom. The van der Waals surface area contributed by atoms with Gasteiger partial charge in [0, 0.05) is 17.6 Å². The summed E-state index contributed by atoms with van der Waals surface area (Å²) in [6.07, 6.45) is 4.41. The van der Waals surface area contributed by atoms with Crippen LogP contribution < -0.4 is 5.32 Å². The van der Waals surface area contributed by atoms with Gasteiger partial charge in [-0.2, -0.15) is 0 Å². The van der Waals surface area contributed by atoms with Gasteiger partial charge in [-0.25, -0.2) is 0 Å². The van der Waals surface area contributed by atoms with E-state index >= 15 is 0 Å². The van der Waals surface area contributed by atoms with Crippen LogP contribution in [0.1, 0.15) is 47.6 Å². The molecule has 1 saturated carbocycles. The summed E-state index contributed by atoms with van der Waals surface area (Å²) < 4.78 is 0. The first-order chi connectivity index (χ1) is 12.1.